The lowest BCUT2D eigenvalue weighted by atomic mass is 10.2. The third kappa shape index (κ3) is 3.69. The highest BCUT2D eigenvalue weighted by Gasteiger charge is 2.32. The highest BCUT2D eigenvalue weighted by molar-refractivity contribution is 7.99. The Morgan fingerprint density at radius 1 is 1.31 bits per heavy atom. The summed E-state index contributed by atoms with van der Waals surface area (Å²) in [5.74, 6) is 1.21. The first-order valence-electron chi connectivity index (χ1n) is 9.01. The van der Waals surface area contributed by atoms with Crippen molar-refractivity contribution in [3.63, 3.8) is 0 Å². The van der Waals surface area contributed by atoms with Gasteiger partial charge in [-0.2, -0.15) is 0 Å². The minimum Gasteiger partial charge on any atom is -0.341 e. The number of amides is 1. The lowest BCUT2D eigenvalue weighted by Gasteiger charge is -2.18. The number of carbonyl (C=O) groups is 1. The lowest BCUT2D eigenvalue weighted by Crippen LogP contribution is -2.22. The number of halogens is 1. The number of thioether (sulfide) groups is 1. The Balaban J connectivity index is 1.43. The van der Waals surface area contributed by atoms with Crippen molar-refractivity contribution in [1.82, 2.24) is 14.8 Å². The van der Waals surface area contributed by atoms with E-state index in [4.69, 9.17) is 11.6 Å². The molecule has 1 aliphatic heterocycles. The molecule has 0 unspecified atom stereocenters. The van der Waals surface area contributed by atoms with Crippen molar-refractivity contribution < 1.29 is 4.79 Å². The van der Waals surface area contributed by atoms with E-state index in [1.54, 1.807) is 0 Å². The Labute approximate surface area is 162 Å². The molecule has 1 amide bonds. The second kappa shape index (κ2) is 7.48. The van der Waals surface area contributed by atoms with Crippen LogP contribution in [0, 0.1) is 6.92 Å². The minimum absolute atomic E-state index is 0.0616. The number of hydrogen-bond donors (Lipinski definition) is 1. The van der Waals surface area contributed by atoms with Crippen molar-refractivity contribution in [3.8, 4) is 0 Å². The number of benzene rings is 1. The topological polar surface area (TPSA) is 63.1 Å². The van der Waals surface area contributed by atoms with Gasteiger partial charge < -0.3 is 10.2 Å². The number of anilines is 2. The lowest BCUT2D eigenvalue weighted by molar-refractivity contribution is -0.113. The van der Waals surface area contributed by atoms with Crippen molar-refractivity contribution in [2.24, 2.45) is 0 Å². The minimum atomic E-state index is -0.0616. The van der Waals surface area contributed by atoms with Crippen LogP contribution in [0.2, 0.25) is 5.02 Å². The van der Waals surface area contributed by atoms with Crippen molar-refractivity contribution >= 4 is 40.9 Å². The maximum atomic E-state index is 12.4. The van der Waals surface area contributed by atoms with Crippen LogP contribution in [0.3, 0.4) is 0 Å². The monoisotopic (exact) mass is 391 g/mol. The van der Waals surface area contributed by atoms with E-state index in [0.29, 0.717) is 16.8 Å². The second-order valence-corrected chi connectivity index (χ2v) is 8.18. The molecule has 2 fully saturated rings. The number of carbonyl (C=O) groups excluding carboxylic acids is 1. The van der Waals surface area contributed by atoms with Crippen LogP contribution in [0.1, 0.15) is 37.3 Å². The Morgan fingerprint density at radius 3 is 2.81 bits per heavy atom. The van der Waals surface area contributed by atoms with Gasteiger partial charge in [0.15, 0.2) is 5.16 Å². The summed E-state index contributed by atoms with van der Waals surface area (Å²) in [6, 6.07) is 6.01. The molecule has 1 N–H and O–H groups in total. The molecule has 1 saturated heterocycles. The van der Waals surface area contributed by atoms with Crippen LogP contribution in [0.25, 0.3) is 0 Å². The largest absolute Gasteiger partial charge is 0.341 e. The van der Waals surface area contributed by atoms with Gasteiger partial charge in [-0.3, -0.25) is 9.36 Å². The Kier molecular flexibility index (Phi) is 5.09. The van der Waals surface area contributed by atoms with Gasteiger partial charge >= 0.3 is 0 Å². The molecule has 138 valence electrons. The molecule has 8 heteroatoms. The molecule has 6 nitrogen and oxygen atoms in total. The fraction of sp³-hybridized carbons (Fsp3) is 0.500. The van der Waals surface area contributed by atoms with Gasteiger partial charge in [0.2, 0.25) is 11.9 Å². The summed E-state index contributed by atoms with van der Waals surface area (Å²) in [5, 5.41) is 13.2. The number of nitrogens with zero attached hydrogens (tertiary/aromatic N) is 4. The third-order valence-electron chi connectivity index (χ3n) is 4.82. The van der Waals surface area contributed by atoms with E-state index in [0.717, 1.165) is 35.4 Å². The molecular weight excluding hydrogens is 370 g/mol. The van der Waals surface area contributed by atoms with Gasteiger partial charge in [0.1, 0.15) is 0 Å². The average molecular weight is 392 g/mol. The van der Waals surface area contributed by atoms with E-state index in [9.17, 15) is 4.79 Å². The zero-order valence-electron chi connectivity index (χ0n) is 14.7. The van der Waals surface area contributed by atoms with Crippen molar-refractivity contribution in [2.45, 2.75) is 43.8 Å². The summed E-state index contributed by atoms with van der Waals surface area (Å²) in [6.07, 6.45) is 4.75. The van der Waals surface area contributed by atoms with Crippen LogP contribution >= 0.6 is 23.4 Å². The van der Waals surface area contributed by atoms with E-state index in [1.165, 1.54) is 37.4 Å². The molecule has 0 radical (unpaired) electrons. The number of rotatable bonds is 6. The molecule has 2 aliphatic rings. The van der Waals surface area contributed by atoms with Crippen LogP contribution in [0.15, 0.2) is 23.4 Å². The van der Waals surface area contributed by atoms with Gasteiger partial charge in [-0.15, -0.1) is 10.2 Å². The molecule has 2 aromatic rings. The Hall–Kier alpha value is -1.73. The Morgan fingerprint density at radius 2 is 2.08 bits per heavy atom. The van der Waals surface area contributed by atoms with Crippen LogP contribution < -0.4 is 10.2 Å². The molecule has 0 atom stereocenters. The van der Waals surface area contributed by atoms with E-state index >= 15 is 0 Å². The molecule has 1 saturated carbocycles. The predicted molar refractivity (Wildman–Crippen MR) is 105 cm³/mol. The molecule has 1 aliphatic carbocycles. The summed E-state index contributed by atoms with van der Waals surface area (Å²) >= 11 is 7.57. The second-order valence-electron chi connectivity index (χ2n) is 6.83. The molecule has 2 heterocycles. The van der Waals surface area contributed by atoms with Crippen LogP contribution in [0.5, 0.6) is 0 Å². The quantitative estimate of drug-likeness (QED) is 0.756. The molecule has 1 aromatic carbocycles. The van der Waals surface area contributed by atoms with Crippen molar-refractivity contribution in [1.29, 1.82) is 0 Å². The fourth-order valence-corrected chi connectivity index (χ4v) is 4.19. The van der Waals surface area contributed by atoms with Gasteiger partial charge in [-0.1, -0.05) is 29.4 Å². The number of hydrogen-bond acceptors (Lipinski definition) is 5. The Bertz CT molecular complexity index is 814. The van der Waals surface area contributed by atoms with E-state index in [-0.39, 0.29) is 5.91 Å². The van der Waals surface area contributed by atoms with Crippen molar-refractivity contribution in [2.75, 3.05) is 29.1 Å². The van der Waals surface area contributed by atoms with Crippen LogP contribution in [-0.2, 0) is 4.79 Å². The first kappa shape index (κ1) is 17.7. The zero-order valence-corrected chi connectivity index (χ0v) is 16.3. The average Bonchev–Trinajstić information content (AvgIpc) is 3.16. The molecule has 4 rings (SSSR count). The van der Waals surface area contributed by atoms with Gasteiger partial charge in [-0.05, 0) is 50.3 Å². The maximum absolute atomic E-state index is 12.4. The van der Waals surface area contributed by atoms with E-state index < -0.39 is 0 Å². The number of nitrogens with one attached hydrogen (secondary N) is 1. The smallest absolute Gasteiger partial charge is 0.234 e. The molecule has 0 spiro atoms. The molecular formula is C18H22ClN5OS. The summed E-state index contributed by atoms with van der Waals surface area (Å²) in [4.78, 5) is 14.7. The van der Waals surface area contributed by atoms with Gasteiger partial charge in [0, 0.05) is 29.8 Å². The molecule has 1 aromatic heterocycles. The molecule has 26 heavy (non-hydrogen) atoms. The predicted octanol–water partition coefficient (Wildman–Crippen LogP) is 3.91. The number of aromatic nitrogens is 3. The van der Waals surface area contributed by atoms with Gasteiger partial charge in [0.25, 0.3) is 0 Å². The molecule has 0 bridgehead atoms. The highest BCUT2D eigenvalue weighted by atomic mass is 35.5. The maximum Gasteiger partial charge on any atom is 0.234 e. The summed E-state index contributed by atoms with van der Waals surface area (Å²) < 4.78 is 2.23. The third-order valence-corrected chi connectivity index (χ3v) is 6.17. The fourth-order valence-electron chi connectivity index (χ4n) is 3.21. The first-order valence-corrected chi connectivity index (χ1v) is 10.4. The standard InChI is InChI=1S/C18H22ClN5OS/c1-12-14(19)5-4-6-15(12)20-16(25)11-26-18-22-21-17(23-9-2-3-10-23)24(18)13-7-8-13/h4-6,13H,2-3,7-11H2,1H3,(H,20,25). The first-order chi connectivity index (χ1) is 12.6. The SMILES string of the molecule is Cc1c(Cl)cccc1NC(=O)CSc1nnc(N2CCCC2)n1C1CC1. The van der Waals surface area contributed by atoms with Gasteiger partial charge in [0.05, 0.1) is 5.75 Å². The van der Waals surface area contributed by atoms with Crippen LogP contribution in [0.4, 0.5) is 11.6 Å². The normalized spacial score (nSPS) is 16.9. The summed E-state index contributed by atoms with van der Waals surface area (Å²) in [5.41, 5.74) is 1.63. The van der Waals surface area contributed by atoms with Crippen molar-refractivity contribution in [3.05, 3.63) is 28.8 Å². The summed E-state index contributed by atoms with van der Waals surface area (Å²) in [6.45, 7) is 3.99. The zero-order chi connectivity index (χ0) is 18.1. The highest BCUT2D eigenvalue weighted by Crippen LogP contribution is 2.41. The van der Waals surface area contributed by atoms with Gasteiger partial charge in [-0.25, -0.2) is 0 Å². The summed E-state index contributed by atoms with van der Waals surface area (Å²) in [7, 11) is 0. The van der Waals surface area contributed by atoms with E-state index in [1.807, 2.05) is 25.1 Å². The van der Waals surface area contributed by atoms with Crippen LogP contribution in [-0.4, -0.2) is 39.5 Å². The van der Waals surface area contributed by atoms with E-state index in [2.05, 4.69) is 25.0 Å².